The van der Waals surface area contributed by atoms with Crippen molar-refractivity contribution in [3.05, 3.63) is 0 Å². The third kappa shape index (κ3) is 3.94. The highest BCUT2D eigenvalue weighted by atomic mass is 28.4. The molecule has 152 valence electrons. The minimum absolute atomic E-state index is 0.179. The van der Waals surface area contributed by atoms with Crippen LogP contribution in [0.25, 0.3) is 0 Å². The summed E-state index contributed by atoms with van der Waals surface area (Å²) >= 11 is 0. The Kier molecular flexibility index (Phi) is 6.59. The minimum atomic E-state index is -2.80. The molecule has 0 aromatic carbocycles. The fourth-order valence-electron chi connectivity index (χ4n) is 5.99. The average Bonchev–Trinajstić information content (AvgIpc) is 2.59. The summed E-state index contributed by atoms with van der Waals surface area (Å²) in [5.41, 5.74) is 0. The monoisotopic (exact) mass is 382 g/mol. The van der Waals surface area contributed by atoms with Crippen molar-refractivity contribution in [3.8, 4) is 0 Å². The quantitative estimate of drug-likeness (QED) is 0.412. The minimum Gasteiger partial charge on any atom is -0.370 e. The molecule has 0 saturated heterocycles. The predicted octanol–water partition coefficient (Wildman–Crippen LogP) is 6.34. The summed E-state index contributed by atoms with van der Waals surface area (Å²) in [5, 5.41) is 0.179. The van der Waals surface area contributed by atoms with E-state index >= 15 is 0 Å². The third-order valence-electron chi connectivity index (χ3n) is 7.48. The van der Waals surface area contributed by atoms with Gasteiger partial charge in [-0.3, -0.25) is 0 Å². The zero-order valence-electron chi connectivity index (χ0n) is 18.1. The molecule has 0 aromatic rings. The largest absolute Gasteiger partial charge is 0.508 e. The van der Waals surface area contributed by atoms with Crippen molar-refractivity contribution >= 4 is 8.80 Å². The summed E-state index contributed by atoms with van der Waals surface area (Å²) in [7, 11) is -2.80. The molecule has 0 spiro atoms. The highest BCUT2D eigenvalue weighted by Crippen LogP contribution is 2.68. The first-order valence-electron chi connectivity index (χ1n) is 11.4. The Morgan fingerprint density at radius 1 is 0.692 bits per heavy atom. The van der Waals surface area contributed by atoms with Crippen molar-refractivity contribution < 1.29 is 13.3 Å². The fraction of sp³-hybridized carbons (Fsp3) is 1.00. The molecule has 0 heterocycles. The van der Waals surface area contributed by atoms with Gasteiger partial charge in [0.05, 0.1) is 0 Å². The zero-order valence-corrected chi connectivity index (χ0v) is 19.1. The summed E-state index contributed by atoms with van der Waals surface area (Å²) in [5.74, 6) is 2.65. The van der Waals surface area contributed by atoms with Gasteiger partial charge in [0.15, 0.2) is 0 Å². The van der Waals surface area contributed by atoms with Crippen molar-refractivity contribution in [1.82, 2.24) is 0 Å². The van der Waals surface area contributed by atoms with Crippen LogP contribution in [0, 0.1) is 17.8 Å². The molecule has 0 aromatic heterocycles. The lowest BCUT2D eigenvalue weighted by Crippen LogP contribution is -2.64. The summed E-state index contributed by atoms with van der Waals surface area (Å²) in [6.07, 6.45) is 11.9. The van der Waals surface area contributed by atoms with Crippen LogP contribution in [-0.2, 0) is 13.3 Å². The van der Waals surface area contributed by atoms with Crippen LogP contribution >= 0.6 is 0 Å². The Morgan fingerprint density at radius 3 is 1.27 bits per heavy atom. The van der Waals surface area contributed by atoms with Crippen LogP contribution in [0.15, 0.2) is 0 Å². The van der Waals surface area contributed by atoms with Gasteiger partial charge in [0, 0.05) is 23.4 Å². The molecule has 4 bridgehead atoms. The van der Waals surface area contributed by atoms with Crippen LogP contribution in [0.5, 0.6) is 0 Å². The third-order valence-corrected chi connectivity index (χ3v) is 11.5. The fourth-order valence-corrected chi connectivity index (χ4v) is 10.6. The number of hydrogen-bond donors (Lipinski definition) is 0. The Morgan fingerprint density at radius 2 is 1.00 bits per heavy atom. The lowest BCUT2D eigenvalue weighted by Gasteiger charge is -2.61. The standard InChI is InChI=1S/C22H42O3Si/c1-7-16(4)23-26(24-17(5)8-2,25-18(6)9-3)22-13-19-10-20(14-22)12-21(11-19)15-22/h16-21H,7-15H2,1-6H3. The zero-order chi connectivity index (χ0) is 18.9. The van der Waals surface area contributed by atoms with E-state index in [0.29, 0.717) is 0 Å². The Bertz CT molecular complexity index is 400. The summed E-state index contributed by atoms with van der Waals surface area (Å²) in [6, 6.07) is 0. The highest BCUT2D eigenvalue weighted by Gasteiger charge is 2.68. The molecule has 3 atom stereocenters. The molecule has 4 fully saturated rings. The topological polar surface area (TPSA) is 27.7 Å². The summed E-state index contributed by atoms with van der Waals surface area (Å²) in [6.45, 7) is 13.3. The SMILES string of the molecule is CCC(C)O[Si](OC(C)CC)(OC(C)CC)C12CC3CC(CC(C3)C1)C2. The van der Waals surface area contributed by atoms with Crippen LogP contribution in [0.3, 0.4) is 0 Å². The van der Waals surface area contributed by atoms with Crippen LogP contribution < -0.4 is 0 Å². The van der Waals surface area contributed by atoms with Gasteiger partial charge in [-0.1, -0.05) is 20.8 Å². The van der Waals surface area contributed by atoms with Gasteiger partial charge in [-0.2, -0.15) is 0 Å². The van der Waals surface area contributed by atoms with Crippen LogP contribution in [0.1, 0.15) is 99.3 Å². The lowest BCUT2D eigenvalue weighted by molar-refractivity contribution is -0.0746. The van der Waals surface area contributed by atoms with Crippen LogP contribution in [-0.4, -0.2) is 27.1 Å². The normalized spacial score (nSPS) is 38.8. The molecule has 0 aliphatic heterocycles. The molecule has 3 unspecified atom stereocenters. The van der Waals surface area contributed by atoms with E-state index in [2.05, 4.69) is 41.5 Å². The smallest absolute Gasteiger partial charge is 0.370 e. The van der Waals surface area contributed by atoms with E-state index in [1.807, 2.05) is 0 Å². The van der Waals surface area contributed by atoms with E-state index in [4.69, 9.17) is 13.3 Å². The van der Waals surface area contributed by atoms with Crippen molar-refractivity contribution in [2.24, 2.45) is 17.8 Å². The van der Waals surface area contributed by atoms with Gasteiger partial charge in [0.2, 0.25) is 0 Å². The lowest BCUT2D eigenvalue weighted by atomic mass is 9.56. The highest BCUT2D eigenvalue weighted by molar-refractivity contribution is 6.64. The van der Waals surface area contributed by atoms with E-state index < -0.39 is 8.80 Å². The number of hydrogen-bond acceptors (Lipinski definition) is 3. The second kappa shape index (κ2) is 8.22. The van der Waals surface area contributed by atoms with Gasteiger partial charge in [-0.15, -0.1) is 0 Å². The molecule has 0 amide bonds. The Labute approximate surface area is 162 Å². The predicted molar refractivity (Wildman–Crippen MR) is 109 cm³/mol. The molecule has 0 N–H and O–H groups in total. The van der Waals surface area contributed by atoms with Crippen molar-refractivity contribution in [1.29, 1.82) is 0 Å². The number of rotatable bonds is 10. The first kappa shape index (κ1) is 20.8. The summed E-state index contributed by atoms with van der Waals surface area (Å²) in [4.78, 5) is 0. The van der Waals surface area contributed by atoms with Crippen molar-refractivity contribution in [3.63, 3.8) is 0 Å². The molecule has 4 saturated carbocycles. The first-order chi connectivity index (χ1) is 12.3. The second-order valence-corrected chi connectivity index (χ2v) is 12.6. The van der Waals surface area contributed by atoms with Crippen molar-refractivity contribution in [2.45, 2.75) is 123 Å². The maximum Gasteiger partial charge on any atom is 0.508 e. The van der Waals surface area contributed by atoms with Crippen LogP contribution in [0.2, 0.25) is 5.04 Å². The Hall–Kier alpha value is 0.0969. The van der Waals surface area contributed by atoms with E-state index in [1.165, 1.54) is 38.5 Å². The molecule has 4 rings (SSSR count). The van der Waals surface area contributed by atoms with Crippen molar-refractivity contribution in [2.75, 3.05) is 0 Å². The molecular formula is C22H42O3Si. The van der Waals surface area contributed by atoms with E-state index in [9.17, 15) is 0 Å². The molecule has 26 heavy (non-hydrogen) atoms. The van der Waals surface area contributed by atoms with Gasteiger partial charge in [0.25, 0.3) is 0 Å². The van der Waals surface area contributed by atoms with Gasteiger partial charge < -0.3 is 13.3 Å². The Balaban J connectivity index is 1.98. The molecule has 3 nitrogen and oxygen atoms in total. The van der Waals surface area contributed by atoms with Crippen LogP contribution in [0.4, 0.5) is 0 Å². The van der Waals surface area contributed by atoms with Gasteiger partial charge >= 0.3 is 8.80 Å². The first-order valence-corrected chi connectivity index (χ1v) is 13.1. The molecule has 4 heteroatoms. The molecule has 4 aliphatic carbocycles. The maximum atomic E-state index is 6.91. The second-order valence-electron chi connectivity index (χ2n) is 9.76. The molecule has 0 radical (unpaired) electrons. The van der Waals surface area contributed by atoms with E-state index in [1.54, 1.807) is 0 Å². The van der Waals surface area contributed by atoms with E-state index in [-0.39, 0.29) is 23.4 Å². The van der Waals surface area contributed by atoms with Gasteiger partial charge in [-0.05, 0) is 96.3 Å². The molecule has 4 aliphatic rings. The average molecular weight is 383 g/mol. The summed E-state index contributed by atoms with van der Waals surface area (Å²) < 4.78 is 20.7. The van der Waals surface area contributed by atoms with Gasteiger partial charge in [0.1, 0.15) is 0 Å². The maximum absolute atomic E-state index is 6.91. The molecular weight excluding hydrogens is 340 g/mol. The van der Waals surface area contributed by atoms with Gasteiger partial charge in [-0.25, -0.2) is 0 Å². The van der Waals surface area contributed by atoms with E-state index in [0.717, 1.165) is 37.0 Å².